The number of furan rings is 1. The fraction of sp³-hybridized carbons (Fsp3) is 0.182. The van der Waals surface area contributed by atoms with E-state index in [1.54, 1.807) is 12.1 Å². The highest BCUT2D eigenvalue weighted by Crippen LogP contribution is 2.21. The summed E-state index contributed by atoms with van der Waals surface area (Å²) in [6.45, 7) is 0.0849. The van der Waals surface area contributed by atoms with Gasteiger partial charge in [-0.1, -0.05) is 0 Å². The molecule has 0 bridgehead atoms. The van der Waals surface area contributed by atoms with Gasteiger partial charge in [0.05, 0.1) is 11.5 Å². The SMILES string of the molecule is O=[N+]([O-])c1cccnc1NCc1ccc(CO)o1. The van der Waals surface area contributed by atoms with Crippen LogP contribution in [0.3, 0.4) is 0 Å². The van der Waals surface area contributed by atoms with Crippen LogP contribution in [0, 0.1) is 10.1 Å². The molecule has 0 aliphatic rings. The number of aliphatic hydroxyl groups is 1. The number of nitrogens with one attached hydrogen (secondary N) is 1. The highest BCUT2D eigenvalue weighted by atomic mass is 16.6. The molecule has 2 aromatic heterocycles. The van der Waals surface area contributed by atoms with Gasteiger partial charge in [-0.25, -0.2) is 4.98 Å². The third-order valence-electron chi connectivity index (χ3n) is 2.29. The van der Waals surface area contributed by atoms with Crippen LogP contribution in [-0.2, 0) is 13.2 Å². The third kappa shape index (κ3) is 2.64. The van der Waals surface area contributed by atoms with Gasteiger partial charge in [-0.05, 0) is 18.2 Å². The molecule has 7 heteroatoms. The summed E-state index contributed by atoms with van der Waals surface area (Å²) in [7, 11) is 0. The maximum Gasteiger partial charge on any atom is 0.311 e. The van der Waals surface area contributed by atoms with Gasteiger partial charge in [-0.2, -0.15) is 0 Å². The van der Waals surface area contributed by atoms with Gasteiger partial charge < -0.3 is 14.8 Å². The number of rotatable bonds is 5. The number of nitrogens with zero attached hydrogens (tertiary/aromatic N) is 2. The van der Waals surface area contributed by atoms with Gasteiger partial charge in [0.15, 0.2) is 0 Å². The Morgan fingerprint density at radius 1 is 1.39 bits per heavy atom. The molecule has 0 radical (unpaired) electrons. The molecule has 94 valence electrons. The number of anilines is 1. The molecule has 7 nitrogen and oxygen atoms in total. The smallest absolute Gasteiger partial charge is 0.311 e. The van der Waals surface area contributed by atoms with Crippen LogP contribution in [-0.4, -0.2) is 15.0 Å². The number of hydrogen-bond donors (Lipinski definition) is 2. The Bertz CT molecular complexity index is 553. The number of pyridine rings is 1. The highest BCUT2D eigenvalue weighted by molar-refractivity contribution is 5.55. The number of aliphatic hydroxyl groups excluding tert-OH is 1. The van der Waals surface area contributed by atoms with E-state index in [2.05, 4.69) is 10.3 Å². The zero-order valence-electron chi connectivity index (χ0n) is 9.37. The molecule has 2 heterocycles. The van der Waals surface area contributed by atoms with Crippen molar-refractivity contribution in [1.82, 2.24) is 4.98 Å². The summed E-state index contributed by atoms with van der Waals surface area (Å²) in [5.74, 6) is 1.20. The van der Waals surface area contributed by atoms with Crippen LogP contribution in [0.15, 0.2) is 34.9 Å². The fourth-order valence-corrected chi connectivity index (χ4v) is 1.45. The molecule has 0 aliphatic carbocycles. The molecule has 0 atom stereocenters. The summed E-state index contributed by atoms with van der Waals surface area (Å²) in [4.78, 5) is 14.1. The molecule has 2 rings (SSSR count). The molecular weight excluding hydrogens is 238 g/mol. The van der Waals surface area contributed by atoms with Crippen molar-refractivity contribution in [3.05, 3.63) is 52.1 Å². The highest BCUT2D eigenvalue weighted by Gasteiger charge is 2.13. The van der Waals surface area contributed by atoms with Crippen molar-refractivity contribution in [2.45, 2.75) is 13.2 Å². The first-order chi connectivity index (χ1) is 8.70. The first kappa shape index (κ1) is 12.1. The van der Waals surface area contributed by atoms with Gasteiger partial charge in [-0.15, -0.1) is 0 Å². The van der Waals surface area contributed by atoms with Gasteiger partial charge >= 0.3 is 5.69 Å². The average molecular weight is 249 g/mol. The van der Waals surface area contributed by atoms with E-state index in [0.29, 0.717) is 11.5 Å². The minimum absolute atomic E-state index is 0.0913. The Hall–Kier alpha value is -2.41. The first-order valence-electron chi connectivity index (χ1n) is 5.22. The van der Waals surface area contributed by atoms with E-state index in [1.807, 2.05) is 0 Å². The quantitative estimate of drug-likeness (QED) is 0.617. The molecule has 18 heavy (non-hydrogen) atoms. The second-order valence-corrected chi connectivity index (χ2v) is 3.51. The molecule has 0 saturated carbocycles. The fourth-order valence-electron chi connectivity index (χ4n) is 1.45. The summed E-state index contributed by atoms with van der Waals surface area (Å²) in [5, 5.41) is 22.4. The molecule has 0 aliphatic heterocycles. The van der Waals surface area contributed by atoms with Crippen LogP contribution in [0.5, 0.6) is 0 Å². The molecule has 0 aromatic carbocycles. The minimum Gasteiger partial charge on any atom is -0.462 e. The summed E-state index contributed by atoms with van der Waals surface area (Å²) in [6.07, 6.45) is 1.47. The molecule has 2 N–H and O–H groups in total. The Kier molecular flexibility index (Phi) is 3.54. The molecule has 0 saturated heterocycles. The van der Waals surface area contributed by atoms with E-state index >= 15 is 0 Å². The molecule has 0 spiro atoms. The lowest BCUT2D eigenvalue weighted by atomic mass is 10.3. The van der Waals surface area contributed by atoms with Crippen LogP contribution >= 0.6 is 0 Å². The van der Waals surface area contributed by atoms with Crippen molar-refractivity contribution in [2.75, 3.05) is 5.32 Å². The van der Waals surface area contributed by atoms with E-state index < -0.39 is 4.92 Å². The van der Waals surface area contributed by atoms with Crippen molar-refractivity contribution in [2.24, 2.45) is 0 Å². The topological polar surface area (TPSA) is 101 Å². The summed E-state index contributed by atoms with van der Waals surface area (Å²) in [6, 6.07) is 6.20. The Morgan fingerprint density at radius 3 is 2.83 bits per heavy atom. The summed E-state index contributed by atoms with van der Waals surface area (Å²) < 4.78 is 5.24. The minimum atomic E-state index is -0.503. The summed E-state index contributed by atoms with van der Waals surface area (Å²) >= 11 is 0. The van der Waals surface area contributed by atoms with Gasteiger partial charge in [0.25, 0.3) is 0 Å². The second-order valence-electron chi connectivity index (χ2n) is 3.51. The molecular formula is C11H11N3O4. The first-order valence-corrected chi connectivity index (χ1v) is 5.22. The number of nitro groups is 1. The van der Waals surface area contributed by atoms with E-state index in [9.17, 15) is 10.1 Å². The average Bonchev–Trinajstić information content (AvgIpc) is 2.84. The van der Waals surface area contributed by atoms with Gasteiger partial charge in [0, 0.05) is 12.3 Å². The van der Waals surface area contributed by atoms with Gasteiger partial charge in [-0.3, -0.25) is 10.1 Å². The van der Waals surface area contributed by atoms with E-state index in [-0.39, 0.29) is 24.7 Å². The number of hydrogen-bond acceptors (Lipinski definition) is 6. The van der Waals surface area contributed by atoms with E-state index in [1.165, 1.54) is 18.3 Å². The third-order valence-corrected chi connectivity index (χ3v) is 2.29. The normalized spacial score (nSPS) is 10.3. The lowest BCUT2D eigenvalue weighted by molar-refractivity contribution is -0.384. The van der Waals surface area contributed by atoms with Crippen LogP contribution < -0.4 is 5.32 Å². The van der Waals surface area contributed by atoms with Crippen LogP contribution in [0.2, 0.25) is 0 Å². The Labute approximate surface area is 102 Å². The van der Waals surface area contributed by atoms with Crippen LogP contribution in [0.4, 0.5) is 11.5 Å². The maximum absolute atomic E-state index is 10.8. The zero-order chi connectivity index (χ0) is 13.0. The van der Waals surface area contributed by atoms with Crippen molar-refractivity contribution >= 4 is 11.5 Å². The van der Waals surface area contributed by atoms with Crippen LogP contribution in [0.25, 0.3) is 0 Å². The second kappa shape index (κ2) is 5.28. The molecule has 2 aromatic rings. The summed E-state index contributed by atoms with van der Waals surface area (Å²) in [5.41, 5.74) is -0.0913. The monoisotopic (exact) mass is 249 g/mol. The van der Waals surface area contributed by atoms with Crippen LogP contribution in [0.1, 0.15) is 11.5 Å². The number of aromatic nitrogens is 1. The van der Waals surface area contributed by atoms with E-state index in [0.717, 1.165) is 0 Å². The largest absolute Gasteiger partial charge is 0.462 e. The van der Waals surface area contributed by atoms with Crippen molar-refractivity contribution in [1.29, 1.82) is 0 Å². The lowest BCUT2D eigenvalue weighted by Gasteiger charge is -2.03. The molecule has 0 fully saturated rings. The van der Waals surface area contributed by atoms with Crippen molar-refractivity contribution in [3.8, 4) is 0 Å². The lowest BCUT2D eigenvalue weighted by Crippen LogP contribution is -2.03. The van der Waals surface area contributed by atoms with E-state index in [4.69, 9.17) is 9.52 Å². The Balaban J connectivity index is 2.08. The van der Waals surface area contributed by atoms with Crippen molar-refractivity contribution in [3.63, 3.8) is 0 Å². The van der Waals surface area contributed by atoms with Gasteiger partial charge in [0.1, 0.15) is 18.1 Å². The van der Waals surface area contributed by atoms with Gasteiger partial charge in [0.2, 0.25) is 5.82 Å². The predicted molar refractivity (Wildman–Crippen MR) is 62.8 cm³/mol. The standard InChI is InChI=1S/C11H11N3O4/c15-7-9-4-3-8(18-9)6-13-11-10(14(16)17)2-1-5-12-11/h1-5,15H,6-7H2,(H,12,13). The predicted octanol–water partition coefficient (Wildman–Crippen LogP) is 1.69. The van der Waals surface area contributed by atoms with Crippen molar-refractivity contribution < 1.29 is 14.4 Å². The zero-order valence-corrected chi connectivity index (χ0v) is 9.37. The maximum atomic E-state index is 10.8. The molecule has 0 unspecified atom stereocenters. The molecule has 0 amide bonds. The Morgan fingerprint density at radius 2 is 2.17 bits per heavy atom.